The number of nitrogens with one attached hydrogen (secondary N) is 4. The molecule has 16 nitrogen and oxygen atoms in total. The average Bonchev–Trinajstić information content (AvgIpc) is 3.32. The number of amides is 4. The largest absolute Gasteiger partial charge is 0.573 e. The number of para-hydroxylation sites is 1. The molecule has 0 aliphatic carbocycles. The molecule has 2 fully saturated rings. The second kappa shape index (κ2) is 21.6. The Kier molecular flexibility index (Phi) is 15.2. The Balaban J connectivity index is 0.860. The summed E-state index contributed by atoms with van der Waals surface area (Å²) in [6.45, 7) is 1.69. The topological polar surface area (TPSA) is 177 Å². The van der Waals surface area contributed by atoms with Crippen LogP contribution in [0.5, 0.6) is 34.5 Å². The first-order valence-corrected chi connectivity index (χ1v) is 22.3. The zero-order valence-corrected chi connectivity index (χ0v) is 38.2. The number of hydrogen-bond acceptors (Lipinski definition) is 12. The highest BCUT2D eigenvalue weighted by molar-refractivity contribution is 6.34. The number of rotatable bonds is 13. The summed E-state index contributed by atoms with van der Waals surface area (Å²) in [5.74, 6) is -2.73. The van der Waals surface area contributed by atoms with Crippen molar-refractivity contribution in [3.05, 3.63) is 120 Å². The van der Waals surface area contributed by atoms with Crippen LogP contribution in [0.3, 0.4) is 0 Å². The quantitative estimate of drug-likeness (QED) is 0.0806. The molecular formula is C46H39Cl2F7N10O6. The summed E-state index contributed by atoms with van der Waals surface area (Å²) in [4.78, 5) is 46.3. The van der Waals surface area contributed by atoms with E-state index in [4.69, 9.17) is 32.7 Å². The van der Waals surface area contributed by atoms with Gasteiger partial charge in [-0.15, -0.1) is 26.3 Å². The van der Waals surface area contributed by atoms with Crippen LogP contribution in [-0.4, -0.2) is 83.0 Å². The minimum Gasteiger partial charge on any atom is -0.455 e. The number of ether oxygens (including phenoxy) is 4. The number of pyridine rings is 4. The highest BCUT2D eigenvalue weighted by Gasteiger charge is 2.35. The van der Waals surface area contributed by atoms with Gasteiger partial charge in [-0.05, 0) is 74.2 Å². The standard InChI is InChI=1S/C46H39Cl2F7N10O6/c47-38-35(68-30-7-9-34(32(49)23-30)70-45(50,51)52)10-17-57-41(38)64-19-12-27(13-20-64)61-44(67)63-29-6-8-33(59-25-29)31-4-1-5-37(40(31)71-46(53,54)55)69-36-11-18-58-42(39(36)48)65-21-14-26(15-22-65)60-43(66)62-28-3-2-16-56-24-28/h1-11,16-18,23-27H,12-15,19-22H2,(H2,60,62,66)(H2,61,63,67). The lowest BCUT2D eigenvalue weighted by Crippen LogP contribution is -2.46. The molecule has 0 radical (unpaired) electrons. The Labute approximate surface area is 409 Å². The number of carbonyl (C=O) groups excluding carboxylic acids is 2. The van der Waals surface area contributed by atoms with Gasteiger partial charge < -0.3 is 50.0 Å². The molecule has 0 unspecified atom stereocenters. The highest BCUT2D eigenvalue weighted by Crippen LogP contribution is 2.45. The van der Waals surface area contributed by atoms with Crippen molar-refractivity contribution < 1.29 is 59.3 Å². The van der Waals surface area contributed by atoms with Gasteiger partial charge in [-0.1, -0.05) is 29.3 Å². The van der Waals surface area contributed by atoms with Crippen LogP contribution in [0.1, 0.15) is 25.7 Å². The fourth-order valence-electron chi connectivity index (χ4n) is 7.69. The third-order valence-corrected chi connectivity index (χ3v) is 11.6. The lowest BCUT2D eigenvalue weighted by molar-refractivity contribution is -0.276. The second-order valence-electron chi connectivity index (χ2n) is 15.8. The van der Waals surface area contributed by atoms with Crippen molar-refractivity contribution in [2.45, 2.75) is 50.5 Å². The number of piperidine rings is 2. The van der Waals surface area contributed by atoms with Gasteiger partial charge >= 0.3 is 24.8 Å². The van der Waals surface area contributed by atoms with Gasteiger partial charge in [-0.25, -0.2) is 23.9 Å². The molecule has 8 rings (SSSR count). The fraction of sp³-hybridized carbons (Fsp3) is 0.261. The Bertz CT molecular complexity index is 2840. The predicted octanol–water partition coefficient (Wildman–Crippen LogP) is 11.3. The normalized spacial score (nSPS) is 14.6. The number of halogens is 9. The van der Waals surface area contributed by atoms with E-state index < -0.39 is 36.1 Å². The zero-order valence-electron chi connectivity index (χ0n) is 36.7. The minimum atomic E-state index is -5.13. The summed E-state index contributed by atoms with van der Waals surface area (Å²) in [5, 5.41) is 11.3. The number of alkyl halides is 6. The SMILES string of the molecule is O=C(Nc1ccc(-c2cccc(Oc3ccnc(N4CCC(NC(=O)Nc5cccnc5)CC4)c3Cl)c2OC(F)(F)F)nc1)NC1CCN(c2nccc(Oc3ccc(OC(F)(F)F)c(F)c3)c2Cl)CC1. The molecule has 0 saturated carbocycles. The van der Waals surface area contributed by atoms with Crippen LogP contribution < -0.4 is 50.0 Å². The van der Waals surface area contributed by atoms with Crippen molar-refractivity contribution in [1.29, 1.82) is 0 Å². The van der Waals surface area contributed by atoms with Gasteiger partial charge in [-0.2, -0.15) is 0 Å². The third kappa shape index (κ3) is 13.2. The lowest BCUT2D eigenvalue weighted by atomic mass is 10.1. The smallest absolute Gasteiger partial charge is 0.455 e. The number of nitrogens with zero attached hydrogens (tertiary/aromatic N) is 6. The van der Waals surface area contributed by atoms with Gasteiger partial charge in [0.1, 0.15) is 15.8 Å². The van der Waals surface area contributed by atoms with Gasteiger partial charge in [-0.3, -0.25) is 9.97 Å². The summed E-state index contributed by atoms with van der Waals surface area (Å²) >= 11 is 13.4. The first kappa shape index (κ1) is 49.9. The van der Waals surface area contributed by atoms with Gasteiger partial charge in [0.2, 0.25) is 0 Å². The van der Waals surface area contributed by atoms with Gasteiger partial charge in [0.05, 0.1) is 29.5 Å². The molecule has 4 amide bonds. The molecule has 2 aromatic carbocycles. The van der Waals surface area contributed by atoms with E-state index >= 15 is 0 Å². The summed E-state index contributed by atoms with van der Waals surface area (Å²) in [5.41, 5.74) is 0.755. The molecule has 25 heteroatoms. The molecule has 71 heavy (non-hydrogen) atoms. The molecular weight excluding hydrogens is 992 g/mol. The number of anilines is 4. The first-order valence-electron chi connectivity index (χ1n) is 21.5. The van der Waals surface area contributed by atoms with Crippen molar-refractivity contribution in [2.75, 3.05) is 46.6 Å². The Hall–Kier alpha value is -7.53. The van der Waals surface area contributed by atoms with Crippen LogP contribution in [-0.2, 0) is 0 Å². The number of benzene rings is 2. The molecule has 0 spiro atoms. The van der Waals surface area contributed by atoms with Gasteiger partial charge in [0.15, 0.2) is 46.2 Å². The van der Waals surface area contributed by atoms with Crippen molar-refractivity contribution >= 4 is 58.3 Å². The van der Waals surface area contributed by atoms with E-state index in [-0.39, 0.29) is 68.1 Å². The number of urea groups is 2. The lowest BCUT2D eigenvalue weighted by Gasteiger charge is -2.33. The van der Waals surface area contributed by atoms with Gasteiger partial charge in [0, 0.05) is 80.6 Å². The summed E-state index contributed by atoms with van der Waals surface area (Å²) < 4.78 is 114. The molecule has 4 N–H and O–H groups in total. The van der Waals surface area contributed by atoms with E-state index in [2.05, 4.69) is 50.7 Å². The molecule has 6 heterocycles. The third-order valence-electron chi connectivity index (χ3n) is 10.9. The van der Waals surface area contributed by atoms with Crippen LogP contribution in [0.2, 0.25) is 10.0 Å². The summed E-state index contributed by atoms with van der Waals surface area (Å²) in [6, 6.07) is 14.4. The van der Waals surface area contributed by atoms with Crippen molar-refractivity contribution in [2.24, 2.45) is 0 Å². The maximum Gasteiger partial charge on any atom is 0.573 e. The Morgan fingerprint density at radius 2 is 1.18 bits per heavy atom. The van der Waals surface area contributed by atoms with Crippen molar-refractivity contribution in [3.8, 4) is 45.8 Å². The van der Waals surface area contributed by atoms with Crippen LogP contribution in [0.25, 0.3) is 11.3 Å². The van der Waals surface area contributed by atoms with E-state index in [9.17, 15) is 40.3 Å². The monoisotopic (exact) mass is 1030 g/mol. The van der Waals surface area contributed by atoms with E-state index in [0.717, 1.165) is 18.2 Å². The maximum absolute atomic E-state index is 14.3. The van der Waals surface area contributed by atoms with E-state index in [1.807, 2.05) is 9.80 Å². The maximum atomic E-state index is 14.3. The molecule has 2 saturated heterocycles. The van der Waals surface area contributed by atoms with Gasteiger partial charge in [0.25, 0.3) is 0 Å². The number of carbonyl (C=O) groups is 2. The van der Waals surface area contributed by atoms with E-state index in [1.54, 1.807) is 18.3 Å². The van der Waals surface area contributed by atoms with Crippen LogP contribution in [0.4, 0.5) is 63.3 Å². The number of aromatic nitrogens is 4. The molecule has 372 valence electrons. The van der Waals surface area contributed by atoms with Crippen LogP contribution >= 0.6 is 23.2 Å². The van der Waals surface area contributed by atoms with Crippen molar-refractivity contribution in [1.82, 2.24) is 30.6 Å². The Morgan fingerprint density at radius 3 is 1.70 bits per heavy atom. The molecule has 4 aromatic heterocycles. The van der Waals surface area contributed by atoms with E-state index in [0.29, 0.717) is 69.2 Å². The average molecular weight is 1030 g/mol. The highest BCUT2D eigenvalue weighted by atomic mass is 35.5. The Morgan fingerprint density at radius 1 is 0.606 bits per heavy atom. The predicted molar refractivity (Wildman–Crippen MR) is 247 cm³/mol. The molecule has 6 aromatic rings. The van der Waals surface area contributed by atoms with E-state index in [1.165, 1.54) is 67.3 Å². The second-order valence-corrected chi connectivity index (χ2v) is 16.6. The fourth-order valence-corrected chi connectivity index (χ4v) is 8.23. The summed E-state index contributed by atoms with van der Waals surface area (Å²) in [6.07, 6.45) is -0.997. The van der Waals surface area contributed by atoms with Crippen LogP contribution in [0.15, 0.2) is 104 Å². The molecule has 0 bridgehead atoms. The van der Waals surface area contributed by atoms with Crippen LogP contribution in [0, 0.1) is 5.82 Å². The minimum absolute atomic E-state index is 0.00742. The van der Waals surface area contributed by atoms with Crippen molar-refractivity contribution in [3.63, 3.8) is 0 Å². The molecule has 0 atom stereocenters. The zero-order chi connectivity index (χ0) is 50.3. The molecule has 2 aliphatic heterocycles. The first-order chi connectivity index (χ1) is 33.9. The number of hydrogen-bond donors (Lipinski definition) is 4. The molecule has 2 aliphatic rings. The summed E-state index contributed by atoms with van der Waals surface area (Å²) in [7, 11) is 0.